The Morgan fingerprint density at radius 3 is 2.73 bits per heavy atom. The van der Waals surface area contributed by atoms with E-state index in [0.29, 0.717) is 20.5 Å². The average molecular weight is 430 g/mol. The molecule has 134 valence electrons. The first-order valence-corrected chi connectivity index (χ1v) is 9.59. The molecule has 1 atom stereocenters. The molecular formula is C18H12Cl3FN2OS. The zero-order valence-electron chi connectivity index (χ0n) is 13.3. The number of hydrogen-bond donors (Lipinski definition) is 0. The van der Waals surface area contributed by atoms with Gasteiger partial charge in [-0.3, -0.25) is 9.78 Å². The van der Waals surface area contributed by atoms with Crippen LogP contribution in [-0.2, 0) is 0 Å². The number of rotatable bonds is 6. The van der Waals surface area contributed by atoms with Gasteiger partial charge >= 0.3 is 0 Å². The lowest BCUT2D eigenvalue weighted by atomic mass is 10.0. The molecule has 8 heteroatoms. The van der Waals surface area contributed by atoms with Crippen molar-refractivity contribution in [1.82, 2.24) is 9.97 Å². The number of hydrogen-bond acceptors (Lipinski definition) is 4. The van der Waals surface area contributed by atoms with E-state index >= 15 is 0 Å². The van der Waals surface area contributed by atoms with Crippen LogP contribution in [0.4, 0.5) is 4.39 Å². The summed E-state index contributed by atoms with van der Waals surface area (Å²) in [4.78, 5) is 21.0. The molecular weight excluding hydrogens is 418 g/mol. The third-order valence-corrected chi connectivity index (χ3v) is 5.77. The van der Waals surface area contributed by atoms with Crippen molar-refractivity contribution in [2.75, 3.05) is 0 Å². The van der Waals surface area contributed by atoms with Gasteiger partial charge in [-0.1, -0.05) is 40.9 Å². The number of carbonyl (C=O) groups is 1. The molecule has 0 N–H and O–H groups in total. The van der Waals surface area contributed by atoms with Crippen molar-refractivity contribution in [3.8, 4) is 10.6 Å². The van der Waals surface area contributed by atoms with Crippen LogP contribution in [0.1, 0.15) is 34.2 Å². The molecule has 1 unspecified atom stereocenters. The first kappa shape index (κ1) is 19.2. The van der Waals surface area contributed by atoms with Crippen LogP contribution in [0.25, 0.3) is 10.6 Å². The lowest BCUT2D eigenvalue weighted by molar-refractivity contribution is 0.0972. The monoisotopic (exact) mass is 428 g/mol. The lowest BCUT2D eigenvalue weighted by Crippen LogP contribution is -2.01. The van der Waals surface area contributed by atoms with Gasteiger partial charge in [0.25, 0.3) is 0 Å². The van der Waals surface area contributed by atoms with E-state index < -0.39 is 6.17 Å². The van der Waals surface area contributed by atoms with Crippen LogP contribution >= 0.6 is 46.1 Å². The Morgan fingerprint density at radius 2 is 2.04 bits per heavy atom. The number of benzene rings is 1. The predicted molar refractivity (Wildman–Crippen MR) is 104 cm³/mol. The van der Waals surface area contributed by atoms with E-state index in [1.165, 1.54) is 23.5 Å². The minimum Gasteiger partial charge on any atom is -0.293 e. The molecule has 0 radical (unpaired) electrons. The molecule has 1 aromatic carbocycles. The van der Waals surface area contributed by atoms with Crippen molar-refractivity contribution in [3.63, 3.8) is 0 Å². The van der Waals surface area contributed by atoms with Crippen LogP contribution in [0.2, 0.25) is 15.2 Å². The van der Waals surface area contributed by atoms with Crippen molar-refractivity contribution in [2.45, 2.75) is 19.0 Å². The summed E-state index contributed by atoms with van der Waals surface area (Å²) in [7, 11) is 0. The number of halogens is 4. The summed E-state index contributed by atoms with van der Waals surface area (Å²) >= 11 is 19.1. The Bertz CT molecular complexity index is 933. The zero-order valence-corrected chi connectivity index (χ0v) is 16.3. The van der Waals surface area contributed by atoms with Crippen molar-refractivity contribution >= 4 is 51.9 Å². The molecule has 2 heterocycles. The Hall–Kier alpha value is -1.53. The van der Waals surface area contributed by atoms with Crippen LogP contribution in [0.5, 0.6) is 0 Å². The van der Waals surface area contributed by atoms with E-state index in [9.17, 15) is 9.18 Å². The topological polar surface area (TPSA) is 42.9 Å². The van der Waals surface area contributed by atoms with Gasteiger partial charge in [0.05, 0.1) is 0 Å². The molecule has 0 aliphatic carbocycles. The first-order chi connectivity index (χ1) is 12.5. The molecule has 0 bridgehead atoms. The average Bonchev–Trinajstić information content (AvgIpc) is 3.02. The van der Waals surface area contributed by atoms with Crippen LogP contribution in [-0.4, -0.2) is 15.8 Å². The zero-order chi connectivity index (χ0) is 18.7. The van der Waals surface area contributed by atoms with Crippen LogP contribution < -0.4 is 0 Å². The number of nitrogens with zero attached hydrogens (tertiary/aromatic N) is 2. The van der Waals surface area contributed by atoms with Crippen LogP contribution in [0, 0.1) is 0 Å². The Labute approximate surface area is 168 Å². The number of pyridine rings is 1. The summed E-state index contributed by atoms with van der Waals surface area (Å²) in [6.45, 7) is 0. The molecule has 3 rings (SSSR count). The minimum absolute atomic E-state index is 0.00333. The number of ketones is 1. The van der Waals surface area contributed by atoms with Gasteiger partial charge < -0.3 is 0 Å². The molecule has 0 aliphatic heterocycles. The highest BCUT2D eigenvalue weighted by molar-refractivity contribution is 7.17. The van der Waals surface area contributed by atoms with Crippen molar-refractivity contribution in [3.05, 3.63) is 68.4 Å². The lowest BCUT2D eigenvalue weighted by Gasteiger charge is -2.10. The number of alkyl halides is 1. The van der Waals surface area contributed by atoms with Crippen molar-refractivity contribution < 1.29 is 9.18 Å². The second-order valence-corrected chi connectivity index (χ2v) is 7.68. The first-order valence-electron chi connectivity index (χ1n) is 7.64. The summed E-state index contributed by atoms with van der Waals surface area (Å²) in [5, 5.41) is 1.40. The van der Waals surface area contributed by atoms with E-state index in [0.717, 1.165) is 5.56 Å². The highest BCUT2D eigenvalue weighted by Gasteiger charge is 2.21. The fourth-order valence-corrected chi connectivity index (χ4v) is 4.17. The Kier molecular flexibility index (Phi) is 6.24. The van der Waals surface area contributed by atoms with Crippen LogP contribution in [0.3, 0.4) is 0 Å². The Morgan fingerprint density at radius 1 is 1.23 bits per heavy atom. The molecule has 0 saturated carbocycles. The van der Waals surface area contributed by atoms with Gasteiger partial charge in [-0.15, -0.1) is 11.3 Å². The second kappa shape index (κ2) is 8.44. The van der Waals surface area contributed by atoms with E-state index in [2.05, 4.69) is 9.97 Å². The van der Waals surface area contributed by atoms with E-state index in [1.807, 2.05) is 6.07 Å². The summed E-state index contributed by atoms with van der Waals surface area (Å²) in [5.41, 5.74) is 1.09. The highest BCUT2D eigenvalue weighted by Crippen LogP contribution is 2.34. The predicted octanol–water partition coefficient (Wildman–Crippen LogP) is 6.84. The fourth-order valence-electron chi connectivity index (χ4n) is 2.37. The molecule has 3 aromatic rings. The molecule has 0 fully saturated rings. The maximum Gasteiger partial charge on any atom is 0.176 e. The fraction of sp³-hybridized carbons (Fsp3) is 0.167. The smallest absolute Gasteiger partial charge is 0.176 e. The third kappa shape index (κ3) is 4.41. The molecule has 2 aromatic heterocycles. The van der Waals surface area contributed by atoms with Gasteiger partial charge in [-0.05, 0) is 30.7 Å². The second-order valence-electron chi connectivity index (χ2n) is 5.48. The highest BCUT2D eigenvalue weighted by atomic mass is 35.5. The Balaban J connectivity index is 1.69. The number of thiazole rings is 1. The number of Topliss-reactive ketones (excluding diaryl/α,β-unsaturated/α-hetero) is 1. The molecule has 3 nitrogen and oxygen atoms in total. The molecule has 0 saturated heterocycles. The number of aromatic nitrogens is 2. The SMILES string of the molecule is O=C(CCC(F)c1ccc(Cl)cc1Cl)c1sc(-c2cccnc2)nc1Cl. The van der Waals surface area contributed by atoms with Crippen molar-refractivity contribution in [2.24, 2.45) is 0 Å². The normalized spacial score (nSPS) is 12.2. The number of carbonyl (C=O) groups excluding carboxylic acids is 1. The molecule has 0 aliphatic rings. The quantitative estimate of drug-likeness (QED) is 0.403. The largest absolute Gasteiger partial charge is 0.293 e. The van der Waals surface area contributed by atoms with Gasteiger partial charge in [0, 0.05) is 40.0 Å². The van der Waals surface area contributed by atoms with Gasteiger partial charge in [-0.2, -0.15) is 0 Å². The van der Waals surface area contributed by atoms with E-state index in [4.69, 9.17) is 34.8 Å². The summed E-state index contributed by atoms with van der Waals surface area (Å²) < 4.78 is 14.4. The molecule has 0 amide bonds. The molecule has 0 spiro atoms. The van der Waals surface area contributed by atoms with Gasteiger partial charge in [-0.25, -0.2) is 9.37 Å². The van der Waals surface area contributed by atoms with E-state index in [1.54, 1.807) is 24.5 Å². The summed E-state index contributed by atoms with van der Waals surface area (Å²) in [5.74, 6) is -0.254. The standard InChI is InChI=1S/C18H12Cl3FN2OS/c19-11-3-4-12(13(20)8-11)14(22)5-6-15(25)16-17(21)24-18(26-16)10-2-1-7-23-9-10/h1-4,7-9,14H,5-6H2. The molecule has 26 heavy (non-hydrogen) atoms. The minimum atomic E-state index is -1.37. The van der Waals surface area contributed by atoms with Crippen LogP contribution in [0.15, 0.2) is 42.7 Å². The van der Waals surface area contributed by atoms with Crippen molar-refractivity contribution in [1.29, 1.82) is 0 Å². The maximum absolute atomic E-state index is 14.4. The van der Waals surface area contributed by atoms with Gasteiger partial charge in [0.15, 0.2) is 10.9 Å². The van der Waals surface area contributed by atoms with E-state index in [-0.39, 0.29) is 28.8 Å². The maximum atomic E-state index is 14.4. The summed E-state index contributed by atoms with van der Waals surface area (Å²) in [6.07, 6.45) is 1.91. The third-order valence-electron chi connectivity index (χ3n) is 3.67. The van der Waals surface area contributed by atoms with Gasteiger partial charge in [0.1, 0.15) is 16.1 Å². The summed E-state index contributed by atoms with van der Waals surface area (Å²) in [6, 6.07) is 8.18. The van der Waals surface area contributed by atoms with Gasteiger partial charge in [0.2, 0.25) is 0 Å².